The van der Waals surface area contributed by atoms with E-state index < -0.39 is 17.2 Å². The van der Waals surface area contributed by atoms with Crippen LogP contribution in [0.2, 0.25) is 0 Å². The number of nitro benzene ring substituents is 1. The Bertz CT molecular complexity index is 1190. The summed E-state index contributed by atoms with van der Waals surface area (Å²) in [5.74, 6) is 0.409. The molecule has 12 heteroatoms. The molecule has 1 heterocycles. The number of H-pyrrole nitrogens is 1. The molecule has 3 rings (SSSR count). The van der Waals surface area contributed by atoms with Crippen molar-refractivity contribution >= 4 is 24.1 Å². The van der Waals surface area contributed by atoms with Crippen LogP contribution in [0.3, 0.4) is 0 Å². The number of nitrogens with one attached hydrogen (secondary N) is 1. The molecule has 1 N–H and O–H groups in total. The van der Waals surface area contributed by atoms with E-state index in [1.165, 1.54) is 25.5 Å². The molecule has 0 fully saturated rings. The quantitative estimate of drug-likeness (QED) is 0.234. The first-order valence-electron chi connectivity index (χ1n) is 8.84. The Hall–Kier alpha value is -3.67. The number of alkyl halides is 2. The lowest BCUT2D eigenvalue weighted by molar-refractivity contribution is -0.385. The topological polar surface area (TPSA) is 108 Å². The van der Waals surface area contributed by atoms with Crippen LogP contribution in [0.25, 0.3) is 0 Å². The highest BCUT2D eigenvalue weighted by Gasteiger charge is 2.16. The van der Waals surface area contributed by atoms with Crippen molar-refractivity contribution in [2.45, 2.75) is 20.0 Å². The SMILES string of the molecule is COc1ccc(C=Nn2c(C(F)F)n[nH]c2=S)cc1COc1ccc([N+](=O)[O-])c(C)c1. The molecule has 0 aliphatic heterocycles. The normalized spacial score (nSPS) is 11.3. The van der Waals surface area contributed by atoms with Crippen molar-refractivity contribution in [2.75, 3.05) is 7.11 Å². The van der Waals surface area contributed by atoms with E-state index in [1.807, 2.05) is 0 Å². The number of aromatic amines is 1. The Morgan fingerprint density at radius 1 is 1.35 bits per heavy atom. The lowest BCUT2D eigenvalue weighted by Gasteiger charge is -2.11. The average molecular weight is 449 g/mol. The predicted octanol–water partition coefficient (Wildman–Crippen LogP) is 4.56. The molecule has 162 valence electrons. The van der Waals surface area contributed by atoms with Gasteiger partial charge in [0, 0.05) is 17.2 Å². The third-order valence-electron chi connectivity index (χ3n) is 4.26. The van der Waals surface area contributed by atoms with E-state index in [0.29, 0.717) is 28.2 Å². The number of aromatic nitrogens is 3. The summed E-state index contributed by atoms with van der Waals surface area (Å²) in [6.45, 7) is 1.73. The fourth-order valence-electron chi connectivity index (χ4n) is 2.76. The molecule has 0 saturated carbocycles. The van der Waals surface area contributed by atoms with Crippen molar-refractivity contribution in [2.24, 2.45) is 5.10 Å². The average Bonchev–Trinajstić information content (AvgIpc) is 3.11. The van der Waals surface area contributed by atoms with E-state index >= 15 is 0 Å². The maximum atomic E-state index is 13.0. The molecule has 3 aromatic rings. The van der Waals surface area contributed by atoms with Crippen LogP contribution < -0.4 is 9.47 Å². The van der Waals surface area contributed by atoms with Gasteiger partial charge < -0.3 is 9.47 Å². The Morgan fingerprint density at radius 3 is 2.77 bits per heavy atom. The summed E-state index contributed by atoms with van der Waals surface area (Å²) in [6, 6.07) is 9.54. The van der Waals surface area contributed by atoms with Crippen LogP contribution >= 0.6 is 12.2 Å². The molecule has 0 aliphatic carbocycles. The number of benzene rings is 2. The highest BCUT2D eigenvalue weighted by Crippen LogP contribution is 2.26. The second-order valence-corrected chi connectivity index (χ2v) is 6.70. The van der Waals surface area contributed by atoms with Crippen molar-refractivity contribution in [3.8, 4) is 11.5 Å². The summed E-state index contributed by atoms with van der Waals surface area (Å²) < 4.78 is 37.9. The lowest BCUT2D eigenvalue weighted by Crippen LogP contribution is -2.02. The molecule has 0 atom stereocenters. The molecule has 0 saturated heterocycles. The molecular formula is C19H17F2N5O4S. The Labute approximate surface area is 180 Å². The third kappa shape index (κ3) is 5.09. The fourth-order valence-corrected chi connectivity index (χ4v) is 2.94. The molecule has 2 aromatic carbocycles. The van der Waals surface area contributed by atoms with Crippen LogP contribution in [-0.2, 0) is 6.61 Å². The molecule has 0 bridgehead atoms. The van der Waals surface area contributed by atoms with Crippen LogP contribution in [0.15, 0.2) is 41.5 Å². The number of ether oxygens (including phenoxy) is 2. The first-order chi connectivity index (χ1) is 14.8. The third-order valence-corrected chi connectivity index (χ3v) is 4.52. The van der Waals surface area contributed by atoms with Crippen molar-refractivity contribution in [1.82, 2.24) is 14.9 Å². The molecule has 0 aliphatic rings. The number of aryl methyl sites for hydroxylation is 1. The van der Waals surface area contributed by atoms with Gasteiger partial charge >= 0.3 is 0 Å². The van der Waals surface area contributed by atoms with Crippen LogP contribution in [0.4, 0.5) is 14.5 Å². The molecule has 0 amide bonds. The molecule has 0 radical (unpaired) electrons. The number of methoxy groups -OCH3 is 1. The predicted molar refractivity (Wildman–Crippen MR) is 111 cm³/mol. The van der Waals surface area contributed by atoms with Gasteiger partial charge in [-0.05, 0) is 55.0 Å². The zero-order valence-corrected chi connectivity index (χ0v) is 17.2. The Morgan fingerprint density at radius 2 is 2.13 bits per heavy atom. The van der Waals surface area contributed by atoms with Gasteiger partial charge in [0.05, 0.1) is 18.2 Å². The van der Waals surface area contributed by atoms with Crippen molar-refractivity contribution < 1.29 is 23.2 Å². The van der Waals surface area contributed by atoms with Crippen LogP contribution in [0.5, 0.6) is 11.5 Å². The number of nitrogens with zero attached hydrogens (tertiary/aromatic N) is 4. The van der Waals surface area contributed by atoms with Gasteiger partial charge in [-0.3, -0.25) is 10.1 Å². The lowest BCUT2D eigenvalue weighted by atomic mass is 10.1. The minimum atomic E-state index is -2.84. The molecule has 0 spiro atoms. The summed E-state index contributed by atoms with van der Waals surface area (Å²) in [6.07, 6.45) is -1.48. The van der Waals surface area contributed by atoms with Crippen molar-refractivity contribution in [1.29, 1.82) is 0 Å². The van der Waals surface area contributed by atoms with E-state index in [-0.39, 0.29) is 17.1 Å². The first-order valence-corrected chi connectivity index (χ1v) is 9.25. The van der Waals surface area contributed by atoms with Gasteiger partial charge in [0.1, 0.15) is 18.1 Å². The second-order valence-electron chi connectivity index (χ2n) is 6.31. The number of rotatable bonds is 8. The van der Waals surface area contributed by atoms with Crippen LogP contribution in [-0.4, -0.2) is 33.1 Å². The summed E-state index contributed by atoms with van der Waals surface area (Å²) in [5, 5.41) is 20.7. The van der Waals surface area contributed by atoms with Gasteiger partial charge in [0.15, 0.2) is 0 Å². The summed E-state index contributed by atoms with van der Waals surface area (Å²) >= 11 is 4.92. The Balaban J connectivity index is 1.81. The fraction of sp³-hybridized carbons (Fsp3) is 0.211. The van der Waals surface area contributed by atoms with Gasteiger partial charge in [0.25, 0.3) is 12.1 Å². The number of hydrogen-bond donors (Lipinski definition) is 1. The minimum absolute atomic E-state index is 0.00385. The molecule has 1 aromatic heterocycles. The van der Waals surface area contributed by atoms with Gasteiger partial charge in [-0.25, -0.2) is 13.9 Å². The summed E-state index contributed by atoms with van der Waals surface area (Å²) in [5.41, 5.74) is 1.72. The van der Waals surface area contributed by atoms with E-state index in [2.05, 4.69) is 15.3 Å². The molecule has 9 nitrogen and oxygen atoms in total. The van der Waals surface area contributed by atoms with Gasteiger partial charge in [-0.1, -0.05) is 0 Å². The minimum Gasteiger partial charge on any atom is -0.496 e. The zero-order valence-electron chi connectivity index (χ0n) is 16.4. The smallest absolute Gasteiger partial charge is 0.299 e. The second kappa shape index (κ2) is 9.43. The number of halogens is 2. The summed E-state index contributed by atoms with van der Waals surface area (Å²) in [7, 11) is 1.50. The zero-order chi connectivity index (χ0) is 22.5. The van der Waals surface area contributed by atoms with E-state index in [0.717, 1.165) is 4.68 Å². The first kappa shape index (κ1) is 22.0. The highest BCUT2D eigenvalue weighted by atomic mass is 32.1. The maximum absolute atomic E-state index is 13.0. The van der Waals surface area contributed by atoms with Gasteiger partial charge in [-0.15, -0.1) is 0 Å². The van der Waals surface area contributed by atoms with Gasteiger partial charge in [0.2, 0.25) is 10.6 Å². The van der Waals surface area contributed by atoms with E-state index in [9.17, 15) is 18.9 Å². The van der Waals surface area contributed by atoms with E-state index in [4.69, 9.17) is 21.7 Å². The largest absolute Gasteiger partial charge is 0.496 e. The number of hydrogen-bond acceptors (Lipinski definition) is 7. The Kier molecular flexibility index (Phi) is 6.70. The standard InChI is InChI=1S/C19H17F2N5O4S/c1-11-7-14(4-5-15(11)26(27)28)30-10-13-8-12(3-6-16(13)29-2)9-22-25-18(17(20)21)23-24-19(25)31/h3-9,17H,10H2,1-2H3,(H,24,31). The molecular weight excluding hydrogens is 432 g/mol. The molecule has 0 unspecified atom stereocenters. The van der Waals surface area contributed by atoms with Crippen LogP contribution in [0, 0.1) is 21.8 Å². The van der Waals surface area contributed by atoms with Crippen molar-refractivity contribution in [3.63, 3.8) is 0 Å². The highest BCUT2D eigenvalue weighted by molar-refractivity contribution is 7.71. The monoisotopic (exact) mass is 449 g/mol. The maximum Gasteiger partial charge on any atom is 0.299 e. The van der Waals surface area contributed by atoms with E-state index in [1.54, 1.807) is 31.2 Å². The molecule has 31 heavy (non-hydrogen) atoms. The van der Waals surface area contributed by atoms with Crippen LogP contribution in [0.1, 0.15) is 28.9 Å². The van der Waals surface area contributed by atoms with Crippen molar-refractivity contribution in [3.05, 3.63) is 73.8 Å². The number of nitro groups is 1. The summed E-state index contributed by atoms with van der Waals surface area (Å²) in [4.78, 5) is 10.5. The van der Waals surface area contributed by atoms with Gasteiger partial charge in [-0.2, -0.15) is 14.9 Å².